The van der Waals surface area contributed by atoms with E-state index in [1.807, 2.05) is 0 Å². The lowest BCUT2D eigenvalue weighted by Gasteiger charge is -2.12. The molecule has 0 radical (unpaired) electrons. The highest BCUT2D eigenvalue weighted by Gasteiger charge is 2.35. The summed E-state index contributed by atoms with van der Waals surface area (Å²) in [4.78, 5) is 14.5. The lowest BCUT2D eigenvalue weighted by molar-refractivity contribution is -0.136. The fraction of sp³-hybridized carbons (Fsp3) is 0.0667. The SMILES string of the molecule is N#Cc1cc(C(F)(F)F)c2c(c1)[nH]c(=O)n2-c1ccc(Cl)cc1Cl. The van der Waals surface area contributed by atoms with Crippen LogP contribution in [0.4, 0.5) is 13.2 Å². The van der Waals surface area contributed by atoms with Crippen molar-refractivity contribution in [1.82, 2.24) is 9.55 Å². The van der Waals surface area contributed by atoms with Gasteiger partial charge in [-0.25, -0.2) is 4.79 Å². The van der Waals surface area contributed by atoms with E-state index in [-0.39, 0.29) is 26.8 Å². The van der Waals surface area contributed by atoms with Gasteiger partial charge in [-0.15, -0.1) is 0 Å². The summed E-state index contributed by atoms with van der Waals surface area (Å²) in [5, 5.41) is 9.20. The molecule has 0 saturated heterocycles. The molecule has 1 aromatic heterocycles. The van der Waals surface area contributed by atoms with Crippen LogP contribution in [-0.4, -0.2) is 9.55 Å². The van der Waals surface area contributed by atoms with E-state index >= 15 is 0 Å². The quantitative estimate of drug-likeness (QED) is 0.683. The van der Waals surface area contributed by atoms with Gasteiger partial charge in [0.05, 0.1) is 38.9 Å². The second-order valence-electron chi connectivity index (χ2n) is 4.89. The molecule has 9 heteroatoms. The third-order valence-corrected chi connectivity index (χ3v) is 3.90. The van der Waals surface area contributed by atoms with Gasteiger partial charge in [-0.1, -0.05) is 23.2 Å². The molecule has 0 saturated carbocycles. The molecular formula is C15H6Cl2F3N3O. The van der Waals surface area contributed by atoms with Gasteiger partial charge in [-0.3, -0.25) is 4.57 Å². The predicted molar refractivity (Wildman–Crippen MR) is 83.6 cm³/mol. The molecule has 0 bridgehead atoms. The number of aromatic amines is 1. The molecule has 4 nitrogen and oxygen atoms in total. The second kappa shape index (κ2) is 5.58. The van der Waals surface area contributed by atoms with Crippen molar-refractivity contribution < 1.29 is 13.2 Å². The van der Waals surface area contributed by atoms with Gasteiger partial charge in [0.25, 0.3) is 0 Å². The molecule has 1 heterocycles. The standard InChI is InChI=1S/C15H6Cl2F3N3O/c16-8-1-2-12(10(17)5-8)23-13-9(15(18,19)20)3-7(6-21)4-11(13)22-14(23)24/h1-5H,(H,22,24). The Morgan fingerprint density at radius 2 is 1.88 bits per heavy atom. The molecule has 2 aromatic carbocycles. The van der Waals surface area contributed by atoms with E-state index in [0.29, 0.717) is 6.07 Å². The number of hydrogen-bond acceptors (Lipinski definition) is 2. The molecule has 1 N–H and O–H groups in total. The molecule has 3 aromatic rings. The first-order valence-corrected chi connectivity index (χ1v) is 7.19. The van der Waals surface area contributed by atoms with Crippen LogP contribution >= 0.6 is 23.2 Å². The van der Waals surface area contributed by atoms with E-state index in [9.17, 15) is 18.0 Å². The zero-order valence-corrected chi connectivity index (χ0v) is 13.1. The lowest BCUT2D eigenvalue weighted by Crippen LogP contribution is -2.17. The van der Waals surface area contributed by atoms with Crippen molar-refractivity contribution in [2.24, 2.45) is 0 Å². The number of benzene rings is 2. The number of nitrogens with one attached hydrogen (secondary N) is 1. The van der Waals surface area contributed by atoms with Gasteiger partial charge in [-0.2, -0.15) is 18.4 Å². The summed E-state index contributed by atoms with van der Waals surface area (Å²) in [5.41, 5.74) is -2.61. The number of fused-ring (bicyclic) bond motifs is 1. The van der Waals surface area contributed by atoms with Crippen molar-refractivity contribution in [3.05, 3.63) is 62.0 Å². The molecule has 24 heavy (non-hydrogen) atoms. The molecule has 0 aliphatic rings. The molecule has 0 atom stereocenters. The molecule has 0 amide bonds. The summed E-state index contributed by atoms with van der Waals surface area (Å²) in [6.45, 7) is 0. The highest BCUT2D eigenvalue weighted by Crippen LogP contribution is 2.36. The van der Waals surface area contributed by atoms with Crippen molar-refractivity contribution >= 4 is 34.2 Å². The predicted octanol–water partition coefficient (Wildman–Crippen LogP) is 4.52. The minimum atomic E-state index is -4.76. The van der Waals surface area contributed by atoms with Gasteiger partial charge >= 0.3 is 11.9 Å². The van der Waals surface area contributed by atoms with Gasteiger partial charge in [0.15, 0.2) is 0 Å². The normalized spacial score (nSPS) is 11.7. The molecule has 3 rings (SSSR count). The smallest absolute Gasteiger partial charge is 0.305 e. The second-order valence-corrected chi connectivity index (χ2v) is 5.73. The Morgan fingerprint density at radius 3 is 2.46 bits per heavy atom. The summed E-state index contributed by atoms with van der Waals surface area (Å²) in [7, 11) is 0. The average molecular weight is 372 g/mol. The van der Waals surface area contributed by atoms with Gasteiger partial charge in [0.2, 0.25) is 0 Å². The van der Waals surface area contributed by atoms with Crippen molar-refractivity contribution in [2.45, 2.75) is 6.18 Å². The topological polar surface area (TPSA) is 61.6 Å². The van der Waals surface area contributed by atoms with Crippen LogP contribution in [0.15, 0.2) is 35.1 Å². The first-order chi connectivity index (χ1) is 11.2. The Balaban J connectivity index is 2.48. The Bertz CT molecular complexity index is 1060. The zero-order chi connectivity index (χ0) is 17.6. The largest absolute Gasteiger partial charge is 0.418 e. The van der Waals surface area contributed by atoms with Crippen LogP contribution in [0.2, 0.25) is 10.0 Å². The number of nitrogens with zero attached hydrogens (tertiary/aromatic N) is 2. The Morgan fingerprint density at radius 1 is 1.17 bits per heavy atom. The van der Waals surface area contributed by atoms with E-state index in [2.05, 4.69) is 4.98 Å². The van der Waals surface area contributed by atoms with Crippen LogP contribution in [0.25, 0.3) is 16.7 Å². The maximum atomic E-state index is 13.4. The van der Waals surface area contributed by atoms with E-state index < -0.39 is 22.9 Å². The van der Waals surface area contributed by atoms with Crippen molar-refractivity contribution in [2.75, 3.05) is 0 Å². The Hall–Kier alpha value is -2.43. The number of hydrogen-bond donors (Lipinski definition) is 1. The Labute approximate surface area is 142 Å². The first kappa shape index (κ1) is 16.4. The minimum Gasteiger partial charge on any atom is -0.305 e. The van der Waals surface area contributed by atoms with Gasteiger partial charge in [0, 0.05) is 5.02 Å². The first-order valence-electron chi connectivity index (χ1n) is 6.44. The van der Waals surface area contributed by atoms with Crippen LogP contribution < -0.4 is 5.69 Å². The van der Waals surface area contributed by atoms with Crippen LogP contribution in [0.1, 0.15) is 11.1 Å². The average Bonchev–Trinajstić information content (AvgIpc) is 2.81. The van der Waals surface area contributed by atoms with Crippen LogP contribution in [0.3, 0.4) is 0 Å². The molecule has 0 unspecified atom stereocenters. The van der Waals surface area contributed by atoms with Crippen LogP contribution in [-0.2, 0) is 6.18 Å². The van der Waals surface area contributed by atoms with Crippen molar-refractivity contribution in [3.8, 4) is 11.8 Å². The van der Waals surface area contributed by atoms with Gasteiger partial charge < -0.3 is 4.98 Å². The summed E-state index contributed by atoms with van der Waals surface area (Å²) in [6, 6.07) is 7.58. The fourth-order valence-electron chi connectivity index (χ4n) is 2.42. The number of rotatable bonds is 1. The monoisotopic (exact) mass is 371 g/mol. The van der Waals surface area contributed by atoms with E-state index in [0.717, 1.165) is 4.57 Å². The summed E-state index contributed by atoms with van der Waals surface area (Å²) in [6.07, 6.45) is -4.76. The highest BCUT2D eigenvalue weighted by atomic mass is 35.5. The fourth-order valence-corrected chi connectivity index (χ4v) is 2.91. The molecule has 0 aliphatic carbocycles. The van der Waals surface area contributed by atoms with Gasteiger partial charge in [-0.05, 0) is 30.3 Å². The molecule has 0 fully saturated rings. The highest BCUT2D eigenvalue weighted by molar-refractivity contribution is 6.35. The molecule has 0 spiro atoms. The molecule has 0 aliphatic heterocycles. The summed E-state index contributed by atoms with van der Waals surface area (Å²) in [5.74, 6) is 0. The molecular weight excluding hydrogens is 366 g/mol. The van der Waals surface area contributed by atoms with Crippen LogP contribution in [0.5, 0.6) is 0 Å². The Kier molecular flexibility index (Phi) is 3.82. The third kappa shape index (κ3) is 2.64. The number of imidazole rings is 1. The van der Waals surface area contributed by atoms with E-state index in [4.69, 9.17) is 28.5 Å². The number of aromatic nitrogens is 2. The lowest BCUT2D eigenvalue weighted by atomic mass is 10.1. The van der Waals surface area contributed by atoms with Gasteiger partial charge in [0.1, 0.15) is 0 Å². The number of nitriles is 1. The summed E-state index contributed by atoms with van der Waals surface area (Å²) >= 11 is 11.8. The molecule has 122 valence electrons. The maximum absolute atomic E-state index is 13.4. The zero-order valence-electron chi connectivity index (χ0n) is 11.6. The summed E-state index contributed by atoms with van der Waals surface area (Å²) < 4.78 is 41.1. The minimum absolute atomic E-state index is 0.0167. The van der Waals surface area contributed by atoms with Crippen molar-refractivity contribution in [1.29, 1.82) is 5.26 Å². The van der Waals surface area contributed by atoms with E-state index in [1.165, 1.54) is 24.3 Å². The number of H-pyrrole nitrogens is 1. The third-order valence-electron chi connectivity index (χ3n) is 3.36. The van der Waals surface area contributed by atoms with Crippen LogP contribution in [0, 0.1) is 11.3 Å². The van der Waals surface area contributed by atoms with E-state index in [1.54, 1.807) is 6.07 Å². The number of alkyl halides is 3. The maximum Gasteiger partial charge on any atom is 0.418 e. The van der Waals surface area contributed by atoms with Crippen molar-refractivity contribution in [3.63, 3.8) is 0 Å². The number of halogens is 5.